The second-order valence-electron chi connectivity index (χ2n) is 6.53. The molecule has 7 heteroatoms. The maximum Gasteiger partial charge on any atom is 0.271 e. The highest BCUT2D eigenvalue weighted by Gasteiger charge is 2.14. The van der Waals surface area contributed by atoms with E-state index in [9.17, 15) is 15.0 Å². The van der Waals surface area contributed by atoms with Crippen molar-refractivity contribution in [1.29, 1.82) is 0 Å². The van der Waals surface area contributed by atoms with Crippen LogP contribution in [0.15, 0.2) is 41.2 Å². The van der Waals surface area contributed by atoms with Gasteiger partial charge in [-0.25, -0.2) is 4.68 Å². The van der Waals surface area contributed by atoms with Crippen LogP contribution in [0.4, 0.5) is 0 Å². The number of halogens is 1. The molecule has 0 saturated heterocycles. The van der Waals surface area contributed by atoms with E-state index in [1.165, 1.54) is 4.68 Å². The summed E-state index contributed by atoms with van der Waals surface area (Å²) in [4.78, 5) is 14.6. The number of hydrogen-bond donors (Lipinski definition) is 2. The van der Waals surface area contributed by atoms with Gasteiger partial charge in [0.05, 0.1) is 18.9 Å². The second-order valence-corrected chi connectivity index (χ2v) is 6.53. The molecule has 0 saturated carbocycles. The minimum absolute atomic E-state index is 0. The molecule has 0 spiro atoms. The van der Waals surface area contributed by atoms with E-state index in [-0.39, 0.29) is 31.2 Å². The fraction of sp³-hybridized carbons (Fsp3) is 0.474. The molecule has 2 N–H and O–H groups in total. The molecule has 0 aliphatic heterocycles. The summed E-state index contributed by atoms with van der Waals surface area (Å²) in [5.41, 5.74) is 2.21. The molecule has 0 atom stereocenters. The standard InChI is InChI=1S/C19H27N3O3.ClH/c1-15(2)13-22-19(25)17(14-21(8-10-23)9-11-24)12-18(20-22)16-6-4-3-5-7-16;/h3-7,12,15,23-24H,8-11,13-14H2,1-2H3;1H. The zero-order chi connectivity index (χ0) is 18.2. The molecule has 2 rings (SSSR count). The van der Waals surface area contributed by atoms with Gasteiger partial charge in [0.25, 0.3) is 5.56 Å². The van der Waals surface area contributed by atoms with Crippen molar-refractivity contribution in [3.63, 3.8) is 0 Å². The molecule has 144 valence electrons. The molecule has 0 radical (unpaired) electrons. The molecule has 1 aromatic carbocycles. The third-order valence-corrected chi connectivity index (χ3v) is 3.88. The maximum absolute atomic E-state index is 12.8. The Morgan fingerprint density at radius 2 is 1.73 bits per heavy atom. The van der Waals surface area contributed by atoms with Crippen LogP contribution < -0.4 is 5.56 Å². The van der Waals surface area contributed by atoms with Crippen LogP contribution in [0.1, 0.15) is 19.4 Å². The SMILES string of the molecule is CC(C)Cn1nc(-c2ccccc2)cc(CN(CCO)CCO)c1=O.Cl. The number of aliphatic hydroxyl groups excluding tert-OH is 2. The van der Waals surface area contributed by atoms with Crippen LogP contribution in [0.2, 0.25) is 0 Å². The first-order chi connectivity index (χ1) is 12.0. The van der Waals surface area contributed by atoms with E-state index in [4.69, 9.17) is 0 Å². The lowest BCUT2D eigenvalue weighted by Gasteiger charge is -2.21. The average molecular weight is 382 g/mol. The Bertz CT molecular complexity index is 714. The molecule has 0 aliphatic rings. The predicted octanol–water partition coefficient (Wildman–Crippen LogP) is 1.77. The Morgan fingerprint density at radius 3 is 2.27 bits per heavy atom. The van der Waals surface area contributed by atoms with Crippen LogP contribution >= 0.6 is 12.4 Å². The molecule has 2 aromatic rings. The molecular formula is C19H28ClN3O3. The summed E-state index contributed by atoms with van der Waals surface area (Å²) in [5, 5.41) is 22.9. The quantitative estimate of drug-likeness (QED) is 0.692. The Balaban J connectivity index is 0.00000338. The molecule has 1 heterocycles. The van der Waals surface area contributed by atoms with Crippen molar-refractivity contribution in [2.75, 3.05) is 26.3 Å². The third kappa shape index (κ3) is 6.21. The Labute approximate surface area is 160 Å². The topological polar surface area (TPSA) is 78.6 Å². The molecule has 0 bridgehead atoms. The number of rotatable bonds is 9. The van der Waals surface area contributed by atoms with Gasteiger partial charge in [-0.05, 0) is 12.0 Å². The summed E-state index contributed by atoms with van der Waals surface area (Å²) in [5.74, 6) is 0.301. The van der Waals surface area contributed by atoms with E-state index in [0.717, 1.165) is 11.3 Å². The summed E-state index contributed by atoms with van der Waals surface area (Å²) in [7, 11) is 0. The second kappa shape index (κ2) is 11.1. The highest BCUT2D eigenvalue weighted by Crippen LogP contribution is 2.17. The summed E-state index contributed by atoms with van der Waals surface area (Å²) in [6.45, 7) is 5.81. The van der Waals surface area contributed by atoms with Crippen molar-refractivity contribution < 1.29 is 10.2 Å². The number of aromatic nitrogens is 2. The molecule has 26 heavy (non-hydrogen) atoms. The lowest BCUT2D eigenvalue weighted by Crippen LogP contribution is -2.35. The first-order valence-corrected chi connectivity index (χ1v) is 8.65. The van der Waals surface area contributed by atoms with Crippen LogP contribution in [0.5, 0.6) is 0 Å². The molecule has 0 unspecified atom stereocenters. The van der Waals surface area contributed by atoms with Gasteiger partial charge >= 0.3 is 0 Å². The number of hydrogen-bond acceptors (Lipinski definition) is 5. The van der Waals surface area contributed by atoms with Gasteiger partial charge in [-0.1, -0.05) is 44.2 Å². The predicted molar refractivity (Wildman–Crippen MR) is 105 cm³/mol. The zero-order valence-corrected chi connectivity index (χ0v) is 16.2. The summed E-state index contributed by atoms with van der Waals surface area (Å²) >= 11 is 0. The van der Waals surface area contributed by atoms with Gasteiger partial charge in [0.2, 0.25) is 0 Å². The van der Waals surface area contributed by atoms with Crippen LogP contribution in [0.25, 0.3) is 11.3 Å². The van der Waals surface area contributed by atoms with Gasteiger partial charge in [0.1, 0.15) is 0 Å². The summed E-state index contributed by atoms with van der Waals surface area (Å²) < 4.78 is 1.53. The first-order valence-electron chi connectivity index (χ1n) is 8.65. The van der Waals surface area contributed by atoms with Crippen LogP contribution in [-0.2, 0) is 13.1 Å². The fourth-order valence-electron chi connectivity index (χ4n) is 2.72. The van der Waals surface area contributed by atoms with Crippen molar-refractivity contribution in [1.82, 2.24) is 14.7 Å². The van der Waals surface area contributed by atoms with Crippen molar-refractivity contribution in [3.8, 4) is 11.3 Å². The van der Waals surface area contributed by atoms with Crippen LogP contribution in [0.3, 0.4) is 0 Å². The minimum atomic E-state index is -0.116. The van der Waals surface area contributed by atoms with Crippen LogP contribution in [-0.4, -0.2) is 51.2 Å². The molecule has 1 aromatic heterocycles. The molecule has 0 fully saturated rings. The maximum atomic E-state index is 12.8. The largest absolute Gasteiger partial charge is 0.395 e. The van der Waals surface area contributed by atoms with Gasteiger partial charge in [0.15, 0.2) is 0 Å². The molecule has 0 amide bonds. The Morgan fingerprint density at radius 1 is 1.12 bits per heavy atom. The molecule has 0 aliphatic carbocycles. The number of nitrogens with zero attached hydrogens (tertiary/aromatic N) is 3. The van der Waals surface area contributed by atoms with Crippen molar-refractivity contribution in [2.45, 2.75) is 26.9 Å². The zero-order valence-electron chi connectivity index (χ0n) is 15.3. The van der Waals surface area contributed by atoms with Gasteiger partial charge < -0.3 is 10.2 Å². The van der Waals surface area contributed by atoms with Crippen molar-refractivity contribution in [2.24, 2.45) is 5.92 Å². The van der Waals surface area contributed by atoms with Gasteiger partial charge in [0, 0.05) is 37.3 Å². The van der Waals surface area contributed by atoms with Crippen molar-refractivity contribution in [3.05, 3.63) is 52.3 Å². The number of aliphatic hydroxyl groups is 2. The third-order valence-electron chi connectivity index (χ3n) is 3.88. The fourth-order valence-corrected chi connectivity index (χ4v) is 2.72. The lowest BCUT2D eigenvalue weighted by molar-refractivity contribution is 0.155. The van der Waals surface area contributed by atoms with E-state index >= 15 is 0 Å². The van der Waals surface area contributed by atoms with E-state index in [1.807, 2.05) is 55.1 Å². The monoisotopic (exact) mass is 381 g/mol. The van der Waals surface area contributed by atoms with Gasteiger partial charge in [-0.2, -0.15) is 5.10 Å². The van der Waals surface area contributed by atoms with E-state index in [2.05, 4.69) is 5.10 Å². The Kier molecular flexibility index (Phi) is 9.51. The van der Waals surface area contributed by atoms with Crippen LogP contribution in [0, 0.1) is 5.92 Å². The summed E-state index contributed by atoms with van der Waals surface area (Å²) in [6.07, 6.45) is 0. The highest BCUT2D eigenvalue weighted by molar-refractivity contribution is 5.85. The minimum Gasteiger partial charge on any atom is -0.395 e. The Hall–Kier alpha value is -1.73. The highest BCUT2D eigenvalue weighted by atomic mass is 35.5. The van der Waals surface area contributed by atoms with Crippen molar-refractivity contribution >= 4 is 12.4 Å². The molecule has 6 nitrogen and oxygen atoms in total. The van der Waals surface area contributed by atoms with Gasteiger partial charge in [-0.3, -0.25) is 9.69 Å². The summed E-state index contributed by atoms with van der Waals surface area (Å²) in [6, 6.07) is 11.6. The first kappa shape index (κ1) is 22.3. The molecular weight excluding hydrogens is 354 g/mol. The van der Waals surface area contributed by atoms with E-state index in [0.29, 0.717) is 37.7 Å². The van der Waals surface area contributed by atoms with E-state index in [1.54, 1.807) is 0 Å². The van der Waals surface area contributed by atoms with Gasteiger partial charge in [-0.15, -0.1) is 12.4 Å². The normalized spacial score (nSPS) is 11.0. The van der Waals surface area contributed by atoms with E-state index < -0.39 is 0 Å². The smallest absolute Gasteiger partial charge is 0.271 e. The lowest BCUT2D eigenvalue weighted by atomic mass is 10.1. The number of benzene rings is 1. The average Bonchev–Trinajstić information content (AvgIpc) is 2.59.